The van der Waals surface area contributed by atoms with Crippen LogP contribution in [0.2, 0.25) is 0 Å². The van der Waals surface area contributed by atoms with Crippen LogP contribution in [0, 0.1) is 0 Å². The van der Waals surface area contributed by atoms with E-state index < -0.39 is 24.4 Å². The summed E-state index contributed by atoms with van der Waals surface area (Å²) in [7, 11) is 0. The number of allylic oxidation sites excluding steroid dienone is 1. The van der Waals surface area contributed by atoms with Gasteiger partial charge in [0.1, 0.15) is 18.3 Å². The Morgan fingerprint density at radius 1 is 0.900 bits per heavy atom. The lowest BCUT2D eigenvalue weighted by Gasteiger charge is -2.34. The summed E-state index contributed by atoms with van der Waals surface area (Å²) >= 11 is 0. The van der Waals surface area contributed by atoms with Crippen LogP contribution in [-0.4, -0.2) is 52.1 Å². The molecule has 0 aliphatic carbocycles. The normalized spacial score (nSPS) is 25.0. The zero-order valence-electron chi connectivity index (χ0n) is 16.2. The Kier molecular flexibility index (Phi) is 4.76. The molecular formula is C25H22O5. The smallest absolute Gasteiger partial charge is 0.158 e. The molecule has 0 aromatic heterocycles. The number of ether oxygens (including phenoxy) is 1. The van der Waals surface area contributed by atoms with Gasteiger partial charge in [-0.05, 0) is 44.0 Å². The molecule has 0 spiro atoms. The van der Waals surface area contributed by atoms with Gasteiger partial charge < -0.3 is 20.1 Å². The third-order valence-corrected chi connectivity index (χ3v) is 6.02. The first-order valence-corrected chi connectivity index (χ1v) is 10.1. The first-order chi connectivity index (χ1) is 14.5. The number of carbonyl (C=O) groups excluding carboxylic acids is 1. The molecule has 152 valence electrons. The number of rotatable bonds is 4. The van der Waals surface area contributed by atoms with Crippen LogP contribution in [0.5, 0.6) is 0 Å². The average molecular weight is 402 g/mol. The van der Waals surface area contributed by atoms with Crippen LogP contribution in [0.15, 0.2) is 60.7 Å². The summed E-state index contributed by atoms with van der Waals surface area (Å²) < 4.78 is 5.33. The van der Waals surface area contributed by atoms with Crippen LogP contribution in [0.3, 0.4) is 0 Å². The first kappa shape index (κ1) is 19.2. The summed E-state index contributed by atoms with van der Waals surface area (Å²) in [4.78, 5) is 12.5. The van der Waals surface area contributed by atoms with Crippen molar-refractivity contribution in [2.45, 2.75) is 30.8 Å². The van der Waals surface area contributed by atoms with Gasteiger partial charge in [0.05, 0.1) is 12.7 Å². The molecule has 4 aromatic carbocycles. The number of aliphatic hydroxyl groups excluding tert-OH is 3. The minimum absolute atomic E-state index is 0.0622. The first-order valence-electron chi connectivity index (χ1n) is 10.1. The Balaban J connectivity index is 1.45. The van der Waals surface area contributed by atoms with Gasteiger partial charge in [0.2, 0.25) is 0 Å². The number of carbonyl (C=O) groups is 1. The second-order valence-electron chi connectivity index (χ2n) is 7.93. The summed E-state index contributed by atoms with van der Waals surface area (Å²) in [6.07, 6.45) is -1.36. The predicted molar refractivity (Wildman–Crippen MR) is 117 cm³/mol. The number of benzene rings is 4. The van der Waals surface area contributed by atoms with Crippen LogP contribution in [0.4, 0.5) is 0 Å². The maximum absolute atomic E-state index is 12.5. The summed E-state index contributed by atoms with van der Waals surface area (Å²) in [6, 6.07) is 18.7. The van der Waals surface area contributed by atoms with Crippen molar-refractivity contribution in [3.63, 3.8) is 0 Å². The molecular weight excluding hydrogens is 380 g/mol. The molecule has 0 saturated carbocycles. The largest absolute Gasteiger partial charge is 0.388 e. The Morgan fingerprint density at radius 2 is 1.57 bits per heavy atom. The molecule has 0 bridgehead atoms. The molecule has 5 nitrogen and oxygen atoms in total. The quantitative estimate of drug-likeness (QED) is 0.361. The van der Waals surface area contributed by atoms with Crippen molar-refractivity contribution < 1.29 is 24.9 Å². The van der Waals surface area contributed by atoms with Crippen LogP contribution >= 0.6 is 0 Å². The van der Waals surface area contributed by atoms with E-state index >= 15 is 0 Å². The van der Waals surface area contributed by atoms with E-state index in [1.54, 1.807) is 6.08 Å². The van der Waals surface area contributed by atoms with Crippen molar-refractivity contribution in [3.05, 3.63) is 66.2 Å². The fraction of sp³-hybridized carbons (Fsp3) is 0.240. The second-order valence-corrected chi connectivity index (χ2v) is 7.93. The van der Waals surface area contributed by atoms with E-state index in [0.717, 1.165) is 16.3 Å². The third kappa shape index (κ3) is 3.16. The number of hydrogen-bond donors (Lipinski definition) is 3. The van der Waals surface area contributed by atoms with Crippen molar-refractivity contribution in [3.8, 4) is 0 Å². The molecule has 5 rings (SSSR count). The van der Waals surface area contributed by atoms with E-state index in [0.29, 0.717) is 0 Å². The van der Waals surface area contributed by atoms with E-state index in [-0.39, 0.29) is 18.8 Å². The zero-order chi connectivity index (χ0) is 20.8. The number of aliphatic hydroxyl groups is 3. The summed E-state index contributed by atoms with van der Waals surface area (Å²) in [5.74, 6) is -0.215. The van der Waals surface area contributed by atoms with Gasteiger partial charge in [-0.2, -0.15) is 0 Å². The molecule has 1 heterocycles. The van der Waals surface area contributed by atoms with Crippen LogP contribution < -0.4 is 0 Å². The summed E-state index contributed by atoms with van der Waals surface area (Å²) in [6.45, 7) is -0.102. The van der Waals surface area contributed by atoms with E-state index in [2.05, 4.69) is 48.5 Å². The molecule has 1 saturated heterocycles. The van der Waals surface area contributed by atoms with Crippen molar-refractivity contribution in [2.75, 3.05) is 6.61 Å². The zero-order valence-corrected chi connectivity index (χ0v) is 16.2. The highest BCUT2D eigenvalue weighted by Crippen LogP contribution is 2.36. The maximum atomic E-state index is 12.5. The van der Waals surface area contributed by atoms with E-state index in [4.69, 9.17) is 4.74 Å². The highest BCUT2D eigenvalue weighted by atomic mass is 16.5. The Morgan fingerprint density at radius 3 is 2.33 bits per heavy atom. The fourth-order valence-corrected chi connectivity index (χ4v) is 4.40. The fourth-order valence-electron chi connectivity index (χ4n) is 4.40. The molecule has 1 fully saturated rings. The monoisotopic (exact) mass is 402 g/mol. The molecule has 0 unspecified atom stereocenters. The van der Waals surface area contributed by atoms with Crippen molar-refractivity contribution in [2.24, 2.45) is 0 Å². The number of hydrogen-bond acceptors (Lipinski definition) is 5. The molecule has 30 heavy (non-hydrogen) atoms. The lowest BCUT2D eigenvalue weighted by Crippen LogP contribution is -2.53. The van der Waals surface area contributed by atoms with Gasteiger partial charge >= 0.3 is 0 Å². The molecule has 1 aliphatic heterocycles. The molecule has 0 amide bonds. The van der Waals surface area contributed by atoms with Gasteiger partial charge in [-0.3, -0.25) is 4.79 Å². The maximum Gasteiger partial charge on any atom is 0.158 e. The van der Waals surface area contributed by atoms with Crippen LogP contribution in [0.25, 0.3) is 38.4 Å². The molecule has 4 atom stereocenters. The van der Waals surface area contributed by atoms with Gasteiger partial charge in [-0.25, -0.2) is 0 Å². The summed E-state index contributed by atoms with van der Waals surface area (Å²) in [5.41, 5.74) is 0.940. The molecule has 3 N–H and O–H groups in total. The van der Waals surface area contributed by atoms with E-state index in [1.807, 2.05) is 6.07 Å². The Bertz CT molecular complexity index is 1250. The minimum atomic E-state index is -1.31. The Hall–Kier alpha value is -2.83. The third-order valence-electron chi connectivity index (χ3n) is 6.02. The minimum Gasteiger partial charge on any atom is -0.388 e. The van der Waals surface area contributed by atoms with E-state index in [1.165, 1.54) is 27.6 Å². The van der Waals surface area contributed by atoms with Gasteiger partial charge in [0, 0.05) is 6.42 Å². The standard InChI is InChI=1S/C25H22O5/c26-18(12-21-25(29)24(28)20(27)13-30-21)10-8-14-4-5-17-7-6-15-2-1-3-16-9-11-19(14)23(17)22(15)16/h1-11,20-21,24-25,27-29H,12-13H2/b10-8+/t20-,21+,24+,25+/m1/s1. The van der Waals surface area contributed by atoms with Crippen LogP contribution in [-0.2, 0) is 9.53 Å². The van der Waals surface area contributed by atoms with E-state index in [9.17, 15) is 20.1 Å². The lowest BCUT2D eigenvalue weighted by atomic mass is 9.91. The topological polar surface area (TPSA) is 87.0 Å². The predicted octanol–water partition coefficient (Wildman–Crippen LogP) is 3.04. The van der Waals surface area contributed by atoms with Gasteiger partial charge in [0.25, 0.3) is 0 Å². The molecule has 1 aliphatic rings. The Labute approximate surface area is 173 Å². The lowest BCUT2D eigenvalue weighted by molar-refractivity contribution is -0.188. The highest BCUT2D eigenvalue weighted by Gasteiger charge is 2.37. The molecule has 0 radical (unpaired) electrons. The van der Waals surface area contributed by atoms with Gasteiger partial charge in [0.15, 0.2) is 5.78 Å². The second kappa shape index (κ2) is 7.45. The van der Waals surface area contributed by atoms with Gasteiger partial charge in [-0.15, -0.1) is 0 Å². The SMILES string of the molecule is O=C(/C=C/c1ccc2ccc3cccc4ccc1c2c34)C[C@@H]1OC[C@@H](O)[C@H](O)[C@H]1O. The molecule has 4 aromatic rings. The van der Waals surface area contributed by atoms with Crippen molar-refractivity contribution in [1.29, 1.82) is 0 Å². The summed E-state index contributed by atoms with van der Waals surface area (Å²) in [5, 5.41) is 36.4. The van der Waals surface area contributed by atoms with Crippen molar-refractivity contribution >= 4 is 44.2 Å². The average Bonchev–Trinajstić information content (AvgIpc) is 2.77. The molecule has 5 heteroatoms. The van der Waals surface area contributed by atoms with Gasteiger partial charge in [-0.1, -0.05) is 60.7 Å². The van der Waals surface area contributed by atoms with Crippen LogP contribution in [0.1, 0.15) is 12.0 Å². The number of ketones is 1. The highest BCUT2D eigenvalue weighted by molar-refractivity contribution is 6.24. The van der Waals surface area contributed by atoms with Crippen molar-refractivity contribution in [1.82, 2.24) is 0 Å².